The molecule has 0 heterocycles. The van der Waals surface area contributed by atoms with Crippen molar-refractivity contribution in [2.75, 3.05) is 32.8 Å². The predicted molar refractivity (Wildman–Crippen MR) is 87.4 cm³/mol. The minimum Gasteiger partial charge on any atom is -1.00 e. The van der Waals surface area contributed by atoms with Gasteiger partial charge >= 0.3 is 0 Å². The number of rotatable bonds is 9. The molecule has 0 radical (unpaired) electrons. The van der Waals surface area contributed by atoms with Gasteiger partial charge in [0.25, 0.3) is 0 Å². The molecule has 126 valence electrons. The Hall–Kier alpha value is -0.910. The Kier molecular flexibility index (Phi) is 10.3. The summed E-state index contributed by atoms with van der Waals surface area (Å²) in [6, 6.07) is 9.90. The molecule has 0 amide bonds. The third-order valence-corrected chi connectivity index (χ3v) is 4.27. The predicted octanol–water partition coefficient (Wildman–Crippen LogP) is -0.331. The summed E-state index contributed by atoms with van der Waals surface area (Å²) in [5.41, 5.74) is 1.86. The third kappa shape index (κ3) is 6.46. The monoisotopic (exact) mass is 372 g/mol. The van der Waals surface area contributed by atoms with Gasteiger partial charge < -0.3 is 31.4 Å². The van der Waals surface area contributed by atoms with Crippen LogP contribution in [0.4, 0.5) is 0 Å². The van der Waals surface area contributed by atoms with Crippen LogP contribution < -0.4 is 17.0 Å². The average molecular weight is 373 g/mol. The Bertz CT molecular complexity index is 425. The fraction of sp³-hybridized carbons (Fsp3) is 0.588. The lowest BCUT2D eigenvalue weighted by molar-refractivity contribution is -0.926. The zero-order valence-electron chi connectivity index (χ0n) is 14.1. The molecule has 0 saturated heterocycles. The van der Waals surface area contributed by atoms with E-state index >= 15 is 0 Å². The number of aliphatic hydroxyl groups excluding tert-OH is 1. The molecule has 0 aliphatic carbocycles. The molecule has 4 nitrogen and oxygen atoms in total. The summed E-state index contributed by atoms with van der Waals surface area (Å²) in [5, 5.41) is 14.2. The molecule has 1 unspecified atom stereocenters. The number of halogens is 1. The van der Waals surface area contributed by atoms with Gasteiger partial charge in [-0.15, -0.1) is 0 Å². The number of hydrogen-bond donors (Lipinski definition) is 1. The van der Waals surface area contributed by atoms with Crippen molar-refractivity contribution in [2.45, 2.75) is 33.8 Å². The molecule has 1 rings (SSSR count). The number of aliphatic hydroxyl groups is 1. The highest BCUT2D eigenvalue weighted by atomic mass is 79.9. The standard InChI is InChI=1S/C17H29N2O2.BrH/c1-5-19(6-2,7-3)13-17(20)14-21-18-15(4)16-11-9-8-10-12-16;/h8-12,17,20H,5-7,13-14H2,1-4H3;1H/q+1;/p-1/b18-15+;. The maximum absolute atomic E-state index is 10.2. The lowest BCUT2D eigenvalue weighted by Crippen LogP contribution is -3.00. The van der Waals surface area contributed by atoms with Crippen molar-refractivity contribution in [3.8, 4) is 0 Å². The first-order chi connectivity index (χ1) is 10.1. The van der Waals surface area contributed by atoms with Crippen molar-refractivity contribution < 1.29 is 31.4 Å². The molecular formula is C17H29BrN2O2. The van der Waals surface area contributed by atoms with Crippen LogP contribution in [-0.4, -0.2) is 54.2 Å². The Morgan fingerprint density at radius 3 is 2.18 bits per heavy atom. The Morgan fingerprint density at radius 1 is 1.14 bits per heavy atom. The molecule has 0 aliphatic rings. The van der Waals surface area contributed by atoms with Crippen molar-refractivity contribution in [1.29, 1.82) is 0 Å². The summed E-state index contributed by atoms with van der Waals surface area (Å²) in [7, 11) is 0. The zero-order valence-corrected chi connectivity index (χ0v) is 15.7. The van der Waals surface area contributed by atoms with Crippen LogP contribution in [0.15, 0.2) is 35.5 Å². The normalized spacial score (nSPS) is 13.4. The van der Waals surface area contributed by atoms with E-state index in [1.165, 1.54) is 0 Å². The molecule has 1 aromatic carbocycles. The molecule has 0 spiro atoms. The largest absolute Gasteiger partial charge is 1.00 e. The fourth-order valence-electron chi connectivity index (χ4n) is 2.51. The molecule has 0 saturated carbocycles. The van der Waals surface area contributed by atoms with Gasteiger partial charge in [-0.2, -0.15) is 0 Å². The van der Waals surface area contributed by atoms with Gasteiger partial charge in [-0.3, -0.25) is 0 Å². The van der Waals surface area contributed by atoms with E-state index in [4.69, 9.17) is 4.84 Å². The van der Waals surface area contributed by atoms with Gasteiger partial charge in [0.2, 0.25) is 0 Å². The summed E-state index contributed by atoms with van der Waals surface area (Å²) in [6.45, 7) is 12.4. The smallest absolute Gasteiger partial charge is 0.148 e. The highest BCUT2D eigenvalue weighted by Crippen LogP contribution is 2.08. The molecule has 1 atom stereocenters. The molecule has 1 N–H and O–H groups in total. The van der Waals surface area contributed by atoms with Crippen LogP contribution in [0.5, 0.6) is 0 Å². The highest BCUT2D eigenvalue weighted by molar-refractivity contribution is 5.98. The Balaban J connectivity index is 0.00000441. The van der Waals surface area contributed by atoms with E-state index in [1.54, 1.807) is 0 Å². The van der Waals surface area contributed by atoms with Crippen LogP contribution in [0.3, 0.4) is 0 Å². The summed E-state index contributed by atoms with van der Waals surface area (Å²) >= 11 is 0. The van der Waals surface area contributed by atoms with E-state index in [1.807, 2.05) is 37.3 Å². The van der Waals surface area contributed by atoms with Crippen LogP contribution in [0.25, 0.3) is 0 Å². The van der Waals surface area contributed by atoms with Gasteiger partial charge in [0, 0.05) is 0 Å². The molecule has 5 heteroatoms. The molecule has 0 aromatic heterocycles. The summed E-state index contributed by atoms with van der Waals surface area (Å²) in [5.74, 6) is 0. The van der Waals surface area contributed by atoms with Crippen LogP contribution in [-0.2, 0) is 4.84 Å². The van der Waals surface area contributed by atoms with Gasteiger partial charge in [0.05, 0.1) is 25.3 Å². The molecular weight excluding hydrogens is 344 g/mol. The van der Waals surface area contributed by atoms with Crippen molar-refractivity contribution in [1.82, 2.24) is 0 Å². The fourth-order valence-corrected chi connectivity index (χ4v) is 2.51. The zero-order chi connectivity index (χ0) is 15.7. The lowest BCUT2D eigenvalue weighted by atomic mass is 10.1. The van der Waals surface area contributed by atoms with Crippen molar-refractivity contribution in [3.63, 3.8) is 0 Å². The highest BCUT2D eigenvalue weighted by Gasteiger charge is 2.25. The number of nitrogens with zero attached hydrogens (tertiary/aromatic N) is 2. The van der Waals surface area contributed by atoms with E-state index in [0.29, 0.717) is 6.54 Å². The first-order valence-electron chi connectivity index (χ1n) is 7.82. The van der Waals surface area contributed by atoms with E-state index in [0.717, 1.165) is 35.4 Å². The van der Waals surface area contributed by atoms with E-state index in [-0.39, 0.29) is 23.6 Å². The number of hydrogen-bond acceptors (Lipinski definition) is 3. The summed E-state index contributed by atoms with van der Waals surface area (Å²) in [4.78, 5) is 5.32. The van der Waals surface area contributed by atoms with E-state index in [2.05, 4.69) is 25.9 Å². The maximum atomic E-state index is 10.2. The molecule has 22 heavy (non-hydrogen) atoms. The third-order valence-electron chi connectivity index (χ3n) is 4.27. The molecule has 0 aliphatic heterocycles. The van der Waals surface area contributed by atoms with Gasteiger partial charge in [0.15, 0.2) is 0 Å². The second kappa shape index (κ2) is 10.8. The number of likely N-dealkylation sites (N-methyl/N-ethyl adjacent to an activating group) is 1. The number of oxime groups is 1. The lowest BCUT2D eigenvalue weighted by Gasteiger charge is -2.37. The topological polar surface area (TPSA) is 41.8 Å². The Morgan fingerprint density at radius 2 is 1.68 bits per heavy atom. The first-order valence-corrected chi connectivity index (χ1v) is 7.82. The minimum atomic E-state index is -0.489. The van der Waals surface area contributed by atoms with E-state index in [9.17, 15) is 5.11 Å². The second-order valence-corrected chi connectivity index (χ2v) is 5.47. The molecule has 0 bridgehead atoms. The minimum absolute atomic E-state index is 0. The Labute approximate surface area is 145 Å². The summed E-state index contributed by atoms with van der Waals surface area (Å²) < 4.78 is 0.909. The van der Waals surface area contributed by atoms with Crippen LogP contribution in [0.1, 0.15) is 33.3 Å². The van der Waals surface area contributed by atoms with Gasteiger partial charge in [-0.05, 0) is 33.3 Å². The number of benzene rings is 1. The second-order valence-electron chi connectivity index (χ2n) is 5.47. The number of quaternary nitrogens is 1. The van der Waals surface area contributed by atoms with Crippen molar-refractivity contribution in [3.05, 3.63) is 35.9 Å². The molecule has 0 fully saturated rings. The van der Waals surface area contributed by atoms with Crippen LogP contribution in [0, 0.1) is 0 Å². The van der Waals surface area contributed by atoms with Crippen molar-refractivity contribution in [2.24, 2.45) is 5.16 Å². The van der Waals surface area contributed by atoms with Crippen LogP contribution >= 0.6 is 0 Å². The van der Waals surface area contributed by atoms with Crippen molar-refractivity contribution >= 4 is 5.71 Å². The van der Waals surface area contributed by atoms with Gasteiger partial charge in [-0.1, -0.05) is 35.5 Å². The maximum Gasteiger partial charge on any atom is 0.148 e. The van der Waals surface area contributed by atoms with Gasteiger partial charge in [0.1, 0.15) is 19.3 Å². The quantitative estimate of drug-likeness (QED) is 0.366. The average Bonchev–Trinajstić information content (AvgIpc) is 2.53. The van der Waals surface area contributed by atoms with E-state index < -0.39 is 6.10 Å². The van der Waals surface area contributed by atoms with Crippen LogP contribution in [0.2, 0.25) is 0 Å². The molecule has 1 aromatic rings. The first kappa shape index (κ1) is 21.1. The van der Waals surface area contributed by atoms with Gasteiger partial charge in [-0.25, -0.2) is 0 Å². The summed E-state index contributed by atoms with van der Waals surface area (Å²) in [6.07, 6.45) is -0.489. The SMILES string of the molecule is CC[N+](CC)(CC)CC(O)CO/N=C(\C)c1ccccc1.[Br-].